The first-order chi connectivity index (χ1) is 16.8. The van der Waals surface area contributed by atoms with Gasteiger partial charge in [-0.15, -0.1) is 0 Å². The van der Waals surface area contributed by atoms with Crippen molar-refractivity contribution >= 4 is 29.1 Å². The maximum absolute atomic E-state index is 12.7. The zero-order valence-electron chi connectivity index (χ0n) is 19.9. The zero-order chi connectivity index (χ0) is 24.9. The normalized spacial score (nSPS) is 10.9. The van der Waals surface area contributed by atoms with E-state index in [4.69, 9.17) is 11.6 Å². The maximum atomic E-state index is 12.7. The third kappa shape index (κ3) is 5.96. The molecule has 4 rings (SSSR count). The summed E-state index contributed by atoms with van der Waals surface area (Å²) in [7, 11) is 0. The van der Waals surface area contributed by atoms with Gasteiger partial charge in [-0.3, -0.25) is 14.3 Å². The average Bonchev–Trinajstić information content (AvgIpc) is 3.43. The first-order valence-electron chi connectivity index (χ1n) is 11.2. The van der Waals surface area contributed by atoms with Crippen LogP contribution in [0.15, 0.2) is 60.9 Å². The van der Waals surface area contributed by atoms with Crippen LogP contribution in [0.4, 0.5) is 5.69 Å². The predicted octanol–water partition coefficient (Wildman–Crippen LogP) is 4.15. The van der Waals surface area contributed by atoms with Crippen LogP contribution >= 0.6 is 11.6 Å². The second-order valence-electron chi connectivity index (χ2n) is 8.40. The summed E-state index contributed by atoms with van der Waals surface area (Å²) in [6, 6.07) is 15.0. The molecule has 0 atom stereocenters. The van der Waals surface area contributed by atoms with Crippen LogP contribution in [0, 0.1) is 20.8 Å². The molecule has 0 aliphatic carbocycles. The lowest BCUT2D eigenvalue weighted by Gasteiger charge is -2.10. The number of nitrogens with zero attached hydrogens (tertiary/aromatic N) is 4. The smallest absolute Gasteiger partial charge is 0.246 e. The minimum Gasteiger partial charge on any atom is -0.352 e. The number of rotatable bonds is 8. The molecule has 9 heteroatoms. The molecule has 2 aromatic heterocycles. The van der Waals surface area contributed by atoms with E-state index in [0.29, 0.717) is 17.3 Å². The van der Waals surface area contributed by atoms with E-state index >= 15 is 0 Å². The summed E-state index contributed by atoms with van der Waals surface area (Å²) in [5.41, 5.74) is 6.00. The van der Waals surface area contributed by atoms with Gasteiger partial charge in [-0.2, -0.15) is 10.2 Å². The molecule has 0 aliphatic rings. The molecule has 2 aromatic carbocycles. The zero-order valence-corrected chi connectivity index (χ0v) is 20.6. The first kappa shape index (κ1) is 24.2. The monoisotopic (exact) mass is 490 g/mol. The van der Waals surface area contributed by atoms with Gasteiger partial charge in [-0.25, -0.2) is 4.68 Å². The number of nitrogens with one attached hydrogen (secondary N) is 2. The van der Waals surface area contributed by atoms with Gasteiger partial charge in [-0.05, 0) is 62.2 Å². The van der Waals surface area contributed by atoms with Crippen LogP contribution < -0.4 is 10.6 Å². The Morgan fingerprint density at radius 1 is 1.03 bits per heavy atom. The maximum Gasteiger partial charge on any atom is 0.246 e. The molecule has 2 amide bonds. The Labute approximate surface area is 208 Å². The van der Waals surface area contributed by atoms with Crippen molar-refractivity contribution in [1.29, 1.82) is 0 Å². The molecule has 8 nitrogen and oxygen atoms in total. The van der Waals surface area contributed by atoms with Crippen molar-refractivity contribution in [2.45, 2.75) is 40.3 Å². The Hall–Kier alpha value is -3.91. The highest BCUT2D eigenvalue weighted by Gasteiger charge is 2.16. The molecule has 35 heavy (non-hydrogen) atoms. The molecule has 180 valence electrons. The number of anilines is 1. The van der Waals surface area contributed by atoms with Crippen molar-refractivity contribution in [3.8, 4) is 5.69 Å². The van der Waals surface area contributed by atoms with Gasteiger partial charge >= 0.3 is 0 Å². The molecule has 0 fully saturated rings. The summed E-state index contributed by atoms with van der Waals surface area (Å²) < 4.78 is 3.37. The minimum atomic E-state index is -0.173. The fourth-order valence-electron chi connectivity index (χ4n) is 3.82. The lowest BCUT2D eigenvalue weighted by atomic mass is 10.1. The molecule has 0 bridgehead atoms. The first-order valence-corrected chi connectivity index (χ1v) is 11.6. The summed E-state index contributed by atoms with van der Waals surface area (Å²) in [4.78, 5) is 24.9. The highest BCUT2D eigenvalue weighted by molar-refractivity contribution is 6.31. The summed E-state index contributed by atoms with van der Waals surface area (Å²) >= 11 is 6.28. The van der Waals surface area contributed by atoms with E-state index in [2.05, 4.69) is 20.8 Å². The third-order valence-electron chi connectivity index (χ3n) is 5.74. The number of halogens is 1. The van der Waals surface area contributed by atoms with E-state index in [9.17, 15) is 9.59 Å². The molecule has 0 saturated heterocycles. The van der Waals surface area contributed by atoms with E-state index in [0.717, 1.165) is 33.8 Å². The quantitative estimate of drug-likeness (QED) is 0.388. The Morgan fingerprint density at radius 2 is 1.86 bits per heavy atom. The largest absolute Gasteiger partial charge is 0.352 e. The van der Waals surface area contributed by atoms with Crippen molar-refractivity contribution in [3.05, 3.63) is 94.0 Å². The standard InChI is InChI=1S/C26H27ClN6O2/c1-17-8-9-22(13-24(17)27)33-19(3)23(18(2)31-33)14-25(34)28-15-20-6-4-7-21(12-20)30-26(35)16-32-11-5-10-29-32/h4-13H,14-16H2,1-3H3,(H,28,34)(H,30,35). The molecule has 0 radical (unpaired) electrons. The van der Waals surface area contributed by atoms with Crippen LogP contribution in [0.5, 0.6) is 0 Å². The van der Waals surface area contributed by atoms with Gasteiger partial charge in [-0.1, -0.05) is 29.8 Å². The predicted molar refractivity (Wildman–Crippen MR) is 136 cm³/mol. The lowest BCUT2D eigenvalue weighted by molar-refractivity contribution is -0.120. The van der Waals surface area contributed by atoms with Crippen LogP contribution in [0.3, 0.4) is 0 Å². The summed E-state index contributed by atoms with van der Waals surface area (Å²) in [6.07, 6.45) is 3.58. The second kappa shape index (κ2) is 10.6. The van der Waals surface area contributed by atoms with Gasteiger partial charge in [0.25, 0.3) is 0 Å². The van der Waals surface area contributed by atoms with Crippen LogP contribution in [-0.4, -0.2) is 31.4 Å². The molecule has 0 unspecified atom stereocenters. The average molecular weight is 491 g/mol. The van der Waals surface area contributed by atoms with Crippen LogP contribution in [0.25, 0.3) is 5.69 Å². The van der Waals surface area contributed by atoms with E-state index in [-0.39, 0.29) is 24.8 Å². The highest BCUT2D eigenvalue weighted by atomic mass is 35.5. The van der Waals surface area contributed by atoms with Gasteiger partial charge in [0.2, 0.25) is 11.8 Å². The Bertz CT molecular complexity index is 1360. The Morgan fingerprint density at radius 3 is 2.60 bits per heavy atom. The van der Waals surface area contributed by atoms with Crippen molar-refractivity contribution < 1.29 is 9.59 Å². The molecular weight excluding hydrogens is 464 g/mol. The van der Waals surface area contributed by atoms with Crippen molar-refractivity contribution in [2.75, 3.05) is 5.32 Å². The number of hydrogen-bond donors (Lipinski definition) is 2. The van der Waals surface area contributed by atoms with E-state index in [1.165, 1.54) is 0 Å². The molecule has 0 aliphatic heterocycles. The molecular formula is C26H27ClN6O2. The van der Waals surface area contributed by atoms with Gasteiger partial charge in [0, 0.05) is 40.9 Å². The summed E-state index contributed by atoms with van der Waals surface area (Å²) in [6.45, 7) is 6.29. The van der Waals surface area contributed by atoms with E-state index < -0.39 is 0 Å². The summed E-state index contributed by atoms with van der Waals surface area (Å²) in [5.74, 6) is -0.279. The number of carbonyl (C=O) groups excluding carboxylic acids is 2. The highest BCUT2D eigenvalue weighted by Crippen LogP contribution is 2.23. The number of carbonyl (C=O) groups is 2. The molecule has 0 spiro atoms. The Kier molecular flexibility index (Phi) is 7.31. The molecule has 2 N–H and O–H groups in total. The van der Waals surface area contributed by atoms with Gasteiger partial charge in [0.05, 0.1) is 17.8 Å². The second-order valence-corrected chi connectivity index (χ2v) is 8.81. The number of amides is 2. The van der Waals surface area contributed by atoms with Crippen LogP contribution in [0.1, 0.15) is 28.1 Å². The van der Waals surface area contributed by atoms with Crippen molar-refractivity contribution in [1.82, 2.24) is 24.9 Å². The molecule has 2 heterocycles. The summed E-state index contributed by atoms with van der Waals surface area (Å²) in [5, 5.41) is 15.1. The van der Waals surface area contributed by atoms with Gasteiger partial charge in [0.15, 0.2) is 0 Å². The van der Waals surface area contributed by atoms with Gasteiger partial charge < -0.3 is 10.6 Å². The molecule has 0 saturated carbocycles. The van der Waals surface area contributed by atoms with E-state index in [1.54, 1.807) is 23.1 Å². The lowest BCUT2D eigenvalue weighted by Crippen LogP contribution is -2.25. The Balaban J connectivity index is 1.36. The molecule has 4 aromatic rings. The SMILES string of the molecule is Cc1ccc(-n2nc(C)c(CC(=O)NCc3cccc(NC(=O)Cn4cccn4)c3)c2C)cc1Cl. The van der Waals surface area contributed by atoms with E-state index in [1.807, 2.05) is 67.9 Å². The fourth-order valence-corrected chi connectivity index (χ4v) is 3.99. The number of aryl methyl sites for hydroxylation is 2. The van der Waals surface area contributed by atoms with Crippen molar-refractivity contribution in [2.24, 2.45) is 0 Å². The fraction of sp³-hybridized carbons (Fsp3) is 0.231. The minimum absolute atomic E-state index is 0.106. The van der Waals surface area contributed by atoms with Crippen LogP contribution in [-0.2, 0) is 29.1 Å². The number of hydrogen-bond acceptors (Lipinski definition) is 4. The van der Waals surface area contributed by atoms with Crippen molar-refractivity contribution in [3.63, 3.8) is 0 Å². The van der Waals surface area contributed by atoms with Gasteiger partial charge in [0.1, 0.15) is 6.54 Å². The van der Waals surface area contributed by atoms with Crippen LogP contribution in [0.2, 0.25) is 5.02 Å². The number of aromatic nitrogens is 4. The topological polar surface area (TPSA) is 93.8 Å². The third-order valence-corrected chi connectivity index (χ3v) is 6.15. The number of benzene rings is 2.